The quantitative estimate of drug-likeness (QED) is 0.167. The van der Waals surface area contributed by atoms with Crippen molar-refractivity contribution in [2.75, 3.05) is 17.2 Å². The standard InChI is InChI=1S/C30H34N10O4/c1-39-37-27(36-38-39)25-23(42)24(43)29(44-25)40-16-32-22-26(34-30(35-28(22)40)33-20-13-8-14-21(20)41)31-15-19(17-9-4-2-5-10-17)18-11-6-3-7-12-18/h2-7,9-12,16,19-21,23-25,29,41-43H,8,13-15H2,1H3,(H2,31,33,34,35)/t20?,21-,23+,24-,25+,29-/m1/s1. The number of nitrogens with one attached hydrogen (secondary N) is 2. The van der Waals surface area contributed by atoms with Crippen molar-refractivity contribution < 1.29 is 20.1 Å². The SMILES string of the molecule is Cn1nnc([C@H]2O[C@@H](n3cnc4c(NCC(c5ccccc5)c5ccccc5)nc(NC5CCC[C@H]5O)nc43)[C@H](O)[C@@H]2O)n1. The number of benzene rings is 2. The zero-order valence-corrected chi connectivity index (χ0v) is 24.0. The Kier molecular flexibility index (Phi) is 7.64. The number of hydrogen-bond donors (Lipinski definition) is 5. The molecule has 1 aliphatic heterocycles. The van der Waals surface area contributed by atoms with E-state index in [1.807, 2.05) is 36.4 Å². The van der Waals surface area contributed by atoms with Crippen LogP contribution < -0.4 is 10.6 Å². The number of aromatic nitrogens is 8. The number of fused-ring (bicyclic) bond motifs is 1. The maximum atomic E-state index is 11.0. The molecule has 5 aromatic rings. The second kappa shape index (κ2) is 11.9. The van der Waals surface area contributed by atoms with Crippen molar-refractivity contribution in [2.45, 2.75) is 61.9 Å². The van der Waals surface area contributed by atoms with E-state index in [4.69, 9.17) is 14.7 Å². The monoisotopic (exact) mass is 598 g/mol. The topological polar surface area (TPSA) is 181 Å². The molecule has 4 heterocycles. The molecule has 14 nitrogen and oxygen atoms in total. The fourth-order valence-corrected chi connectivity index (χ4v) is 6.08. The van der Waals surface area contributed by atoms with Gasteiger partial charge in [-0.25, -0.2) is 4.98 Å². The summed E-state index contributed by atoms with van der Waals surface area (Å²) >= 11 is 0. The minimum absolute atomic E-state index is 0.0212. The van der Waals surface area contributed by atoms with Gasteiger partial charge in [-0.1, -0.05) is 60.7 Å². The number of aliphatic hydroxyl groups excluding tert-OH is 3. The molecule has 14 heteroatoms. The Morgan fingerprint density at radius 1 is 0.955 bits per heavy atom. The van der Waals surface area contributed by atoms with Gasteiger partial charge in [0.15, 0.2) is 29.3 Å². The molecular formula is C30H34N10O4. The Morgan fingerprint density at radius 2 is 1.68 bits per heavy atom. The normalized spacial score (nSPS) is 25.2. The van der Waals surface area contributed by atoms with Crippen molar-refractivity contribution in [3.63, 3.8) is 0 Å². The highest BCUT2D eigenvalue weighted by Crippen LogP contribution is 2.39. The van der Waals surface area contributed by atoms with Gasteiger partial charge in [0.1, 0.15) is 12.2 Å². The Labute approximate surface area is 252 Å². The van der Waals surface area contributed by atoms with Crippen LogP contribution in [0.5, 0.6) is 0 Å². The molecular weight excluding hydrogens is 564 g/mol. The van der Waals surface area contributed by atoms with E-state index in [1.54, 1.807) is 11.6 Å². The molecule has 2 fully saturated rings. The second-order valence-corrected chi connectivity index (χ2v) is 11.3. The van der Waals surface area contributed by atoms with Gasteiger partial charge in [-0.05, 0) is 35.6 Å². The van der Waals surface area contributed by atoms with Gasteiger partial charge in [0, 0.05) is 12.5 Å². The van der Waals surface area contributed by atoms with Crippen molar-refractivity contribution in [3.05, 3.63) is 83.9 Å². The lowest BCUT2D eigenvalue weighted by molar-refractivity contribution is -0.0384. The van der Waals surface area contributed by atoms with E-state index in [2.05, 4.69) is 55.3 Å². The molecule has 1 saturated heterocycles. The molecule has 44 heavy (non-hydrogen) atoms. The number of rotatable bonds is 9. The zero-order chi connectivity index (χ0) is 30.2. The highest BCUT2D eigenvalue weighted by molar-refractivity contribution is 5.84. The maximum Gasteiger partial charge on any atom is 0.227 e. The zero-order valence-electron chi connectivity index (χ0n) is 24.0. The van der Waals surface area contributed by atoms with Crippen LogP contribution in [0, 0.1) is 0 Å². The second-order valence-electron chi connectivity index (χ2n) is 11.3. The van der Waals surface area contributed by atoms with E-state index >= 15 is 0 Å². The highest BCUT2D eigenvalue weighted by atomic mass is 16.6. The summed E-state index contributed by atoms with van der Waals surface area (Å²) in [4.78, 5) is 15.4. The number of aryl methyl sites for hydroxylation is 1. The summed E-state index contributed by atoms with van der Waals surface area (Å²) < 4.78 is 7.66. The Balaban J connectivity index is 1.24. The molecule has 0 amide bonds. The van der Waals surface area contributed by atoms with Gasteiger partial charge in [0.25, 0.3) is 0 Å². The van der Waals surface area contributed by atoms with Gasteiger partial charge >= 0.3 is 0 Å². The largest absolute Gasteiger partial charge is 0.391 e. The van der Waals surface area contributed by atoms with E-state index in [-0.39, 0.29) is 17.8 Å². The minimum Gasteiger partial charge on any atom is -0.391 e. The number of anilines is 2. The molecule has 1 aliphatic carbocycles. The average molecular weight is 599 g/mol. The molecule has 2 aliphatic rings. The third kappa shape index (κ3) is 5.36. The fraction of sp³-hybridized carbons (Fsp3) is 0.400. The van der Waals surface area contributed by atoms with Crippen molar-refractivity contribution in [2.24, 2.45) is 7.05 Å². The van der Waals surface area contributed by atoms with Crippen LogP contribution in [0.15, 0.2) is 67.0 Å². The van der Waals surface area contributed by atoms with Gasteiger partial charge < -0.3 is 30.7 Å². The first-order valence-electron chi connectivity index (χ1n) is 14.7. The molecule has 228 valence electrons. The summed E-state index contributed by atoms with van der Waals surface area (Å²) in [5.41, 5.74) is 3.15. The summed E-state index contributed by atoms with van der Waals surface area (Å²) in [6.45, 7) is 0.514. The lowest BCUT2D eigenvalue weighted by Crippen LogP contribution is -2.30. The van der Waals surface area contributed by atoms with E-state index < -0.39 is 30.6 Å². The van der Waals surface area contributed by atoms with E-state index in [0.29, 0.717) is 35.9 Å². The molecule has 2 aromatic carbocycles. The summed E-state index contributed by atoms with van der Waals surface area (Å²) in [7, 11) is 1.61. The van der Waals surface area contributed by atoms with Crippen LogP contribution in [0.1, 0.15) is 54.5 Å². The number of nitrogens with zero attached hydrogens (tertiary/aromatic N) is 8. The molecule has 1 saturated carbocycles. The van der Waals surface area contributed by atoms with Crippen molar-refractivity contribution in [1.82, 2.24) is 39.7 Å². The first-order valence-corrected chi connectivity index (χ1v) is 14.7. The predicted molar refractivity (Wildman–Crippen MR) is 159 cm³/mol. The predicted octanol–water partition coefficient (Wildman–Crippen LogP) is 1.91. The average Bonchev–Trinajstić information content (AvgIpc) is 3.83. The number of aliphatic hydroxyl groups is 3. The summed E-state index contributed by atoms with van der Waals surface area (Å²) in [6.07, 6.45) is -1.25. The van der Waals surface area contributed by atoms with E-state index in [9.17, 15) is 15.3 Å². The Bertz CT molecular complexity index is 1680. The van der Waals surface area contributed by atoms with Crippen LogP contribution >= 0.6 is 0 Å². The molecule has 7 rings (SSSR count). The van der Waals surface area contributed by atoms with Crippen LogP contribution in [-0.2, 0) is 11.8 Å². The molecule has 0 radical (unpaired) electrons. The lowest BCUT2D eigenvalue weighted by Gasteiger charge is -2.21. The van der Waals surface area contributed by atoms with Gasteiger partial charge in [-0.2, -0.15) is 14.8 Å². The van der Waals surface area contributed by atoms with Gasteiger partial charge in [0.05, 0.1) is 25.5 Å². The Morgan fingerprint density at radius 3 is 2.32 bits per heavy atom. The first-order chi connectivity index (χ1) is 21.5. The molecule has 0 spiro atoms. The maximum absolute atomic E-state index is 11.0. The molecule has 1 unspecified atom stereocenters. The fourth-order valence-electron chi connectivity index (χ4n) is 6.08. The molecule has 0 bridgehead atoms. The number of tetrazole rings is 1. The first kappa shape index (κ1) is 28.3. The van der Waals surface area contributed by atoms with Gasteiger partial charge in [0.2, 0.25) is 11.8 Å². The van der Waals surface area contributed by atoms with Crippen molar-refractivity contribution in [1.29, 1.82) is 0 Å². The third-order valence-electron chi connectivity index (χ3n) is 8.38. The lowest BCUT2D eigenvalue weighted by atomic mass is 9.91. The summed E-state index contributed by atoms with van der Waals surface area (Å²) in [5, 5.41) is 51.1. The summed E-state index contributed by atoms with van der Waals surface area (Å²) in [5.74, 6) is 0.978. The molecule has 3 aromatic heterocycles. The van der Waals surface area contributed by atoms with Crippen molar-refractivity contribution >= 4 is 22.9 Å². The van der Waals surface area contributed by atoms with Crippen molar-refractivity contribution in [3.8, 4) is 0 Å². The van der Waals surface area contributed by atoms with Gasteiger partial charge in [-0.3, -0.25) is 4.57 Å². The van der Waals surface area contributed by atoms with Crippen LogP contribution in [0.2, 0.25) is 0 Å². The highest BCUT2D eigenvalue weighted by Gasteiger charge is 2.47. The van der Waals surface area contributed by atoms with E-state index in [1.165, 1.54) is 11.1 Å². The Hall–Kier alpha value is -4.50. The molecule has 5 N–H and O–H groups in total. The number of ether oxygens (including phenoxy) is 1. The van der Waals surface area contributed by atoms with E-state index in [0.717, 1.165) is 24.0 Å². The minimum atomic E-state index is -1.32. The van der Waals surface area contributed by atoms with Crippen LogP contribution in [0.3, 0.4) is 0 Å². The smallest absolute Gasteiger partial charge is 0.227 e. The van der Waals surface area contributed by atoms with Crippen LogP contribution in [0.4, 0.5) is 11.8 Å². The van der Waals surface area contributed by atoms with Gasteiger partial charge in [-0.15, -0.1) is 10.2 Å². The van der Waals surface area contributed by atoms with Crippen LogP contribution in [0.25, 0.3) is 11.2 Å². The van der Waals surface area contributed by atoms with Crippen LogP contribution in [-0.4, -0.2) is 85.9 Å². The molecule has 6 atom stereocenters. The summed E-state index contributed by atoms with van der Waals surface area (Å²) in [6, 6.07) is 20.3. The third-order valence-corrected chi connectivity index (χ3v) is 8.38. The number of hydrogen-bond acceptors (Lipinski definition) is 12. The number of imidazole rings is 1.